The van der Waals surface area contributed by atoms with Gasteiger partial charge in [0, 0.05) is 6.42 Å². The standard InChI is InChI=1S/C14H17NO5/c1-10(12(16)7-8-13(17)18)15-14(19)20-9-11-5-3-2-4-6-11/h2-6,10H,7-9H2,1H3,(H,15,19)(H,17,18)/t10-/m0/s1. The predicted octanol–water partition coefficient (Wildman–Crippen LogP) is 1.74. The van der Waals surface area contributed by atoms with Crippen LogP contribution in [0.15, 0.2) is 30.3 Å². The lowest BCUT2D eigenvalue weighted by Gasteiger charge is -2.12. The molecule has 0 aliphatic rings. The van der Waals surface area contributed by atoms with E-state index in [1.807, 2.05) is 30.3 Å². The van der Waals surface area contributed by atoms with Gasteiger partial charge in [0.25, 0.3) is 0 Å². The van der Waals surface area contributed by atoms with Crippen molar-refractivity contribution >= 4 is 17.8 Å². The molecule has 1 aromatic rings. The third-order valence-corrected chi connectivity index (χ3v) is 2.62. The Morgan fingerprint density at radius 3 is 2.45 bits per heavy atom. The fourth-order valence-corrected chi connectivity index (χ4v) is 1.47. The zero-order chi connectivity index (χ0) is 15.0. The first kappa shape index (κ1) is 15.7. The van der Waals surface area contributed by atoms with E-state index in [-0.39, 0.29) is 25.2 Å². The second-order valence-corrected chi connectivity index (χ2v) is 4.29. The highest BCUT2D eigenvalue weighted by Gasteiger charge is 2.17. The quantitative estimate of drug-likeness (QED) is 0.793. The highest BCUT2D eigenvalue weighted by molar-refractivity contribution is 5.89. The van der Waals surface area contributed by atoms with Crippen molar-refractivity contribution in [2.24, 2.45) is 0 Å². The molecule has 0 spiro atoms. The Morgan fingerprint density at radius 2 is 1.85 bits per heavy atom. The lowest BCUT2D eigenvalue weighted by molar-refractivity contribution is -0.138. The first-order valence-corrected chi connectivity index (χ1v) is 6.20. The van der Waals surface area contributed by atoms with Gasteiger partial charge in [0.1, 0.15) is 6.61 Å². The molecule has 0 aliphatic carbocycles. The largest absolute Gasteiger partial charge is 0.481 e. The molecule has 0 saturated carbocycles. The monoisotopic (exact) mass is 279 g/mol. The summed E-state index contributed by atoms with van der Waals surface area (Å²) < 4.78 is 4.96. The molecule has 0 fully saturated rings. The van der Waals surface area contributed by atoms with Gasteiger partial charge in [-0.05, 0) is 12.5 Å². The number of ketones is 1. The minimum atomic E-state index is -1.04. The number of benzene rings is 1. The van der Waals surface area contributed by atoms with Crippen molar-refractivity contribution in [2.45, 2.75) is 32.4 Å². The lowest BCUT2D eigenvalue weighted by Crippen LogP contribution is -2.38. The number of ether oxygens (including phenoxy) is 1. The van der Waals surface area contributed by atoms with E-state index in [0.29, 0.717) is 0 Å². The summed E-state index contributed by atoms with van der Waals surface area (Å²) in [7, 11) is 0. The van der Waals surface area contributed by atoms with Gasteiger partial charge in [-0.25, -0.2) is 4.79 Å². The summed E-state index contributed by atoms with van der Waals surface area (Å²) >= 11 is 0. The minimum Gasteiger partial charge on any atom is -0.481 e. The smallest absolute Gasteiger partial charge is 0.408 e. The zero-order valence-corrected chi connectivity index (χ0v) is 11.2. The molecule has 0 radical (unpaired) electrons. The molecule has 0 aliphatic heterocycles. The lowest BCUT2D eigenvalue weighted by atomic mass is 10.1. The summed E-state index contributed by atoms with van der Waals surface area (Å²) in [5.41, 5.74) is 0.840. The van der Waals surface area contributed by atoms with Crippen LogP contribution in [0.3, 0.4) is 0 Å². The van der Waals surface area contributed by atoms with Crippen molar-refractivity contribution in [3.8, 4) is 0 Å². The summed E-state index contributed by atoms with van der Waals surface area (Å²) in [5.74, 6) is -1.39. The van der Waals surface area contributed by atoms with E-state index in [2.05, 4.69) is 5.32 Å². The fourth-order valence-electron chi connectivity index (χ4n) is 1.47. The Hall–Kier alpha value is -2.37. The first-order valence-electron chi connectivity index (χ1n) is 6.20. The van der Waals surface area contributed by atoms with E-state index in [0.717, 1.165) is 5.56 Å². The maximum absolute atomic E-state index is 11.5. The van der Waals surface area contributed by atoms with Crippen LogP contribution < -0.4 is 5.32 Å². The van der Waals surface area contributed by atoms with Gasteiger partial charge in [0.2, 0.25) is 0 Å². The van der Waals surface area contributed by atoms with E-state index >= 15 is 0 Å². The van der Waals surface area contributed by atoms with E-state index < -0.39 is 18.1 Å². The third kappa shape index (κ3) is 5.99. The van der Waals surface area contributed by atoms with Gasteiger partial charge in [-0.15, -0.1) is 0 Å². The normalized spacial score (nSPS) is 11.4. The number of carboxylic acids is 1. The number of rotatable bonds is 7. The van der Waals surface area contributed by atoms with Crippen LogP contribution in [0.25, 0.3) is 0 Å². The highest BCUT2D eigenvalue weighted by atomic mass is 16.5. The first-order chi connectivity index (χ1) is 9.49. The molecule has 0 bridgehead atoms. The molecule has 6 nitrogen and oxygen atoms in total. The third-order valence-electron chi connectivity index (χ3n) is 2.62. The van der Waals surface area contributed by atoms with Gasteiger partial charge >= 0.3 is 12.1 Å². The Kier molecular flexibility index (Phi) is 6.22. The van der Waals surface area contributed by atoms with Crippen LogP contribution in [-0.4, -0.2) is 29.0 Å². The summed E-state index contributed by atoms with van der Waals surface area (Å²) in [6.45, 7) is 1.61. The molecule has 108 valence electrons. The van der Waals surface area contributed by atoms with Crippen LogP contribution in [0.1, 0.15) is 25.3 Å². The van der Waals surface area contributed by atoms with E-state index in [9.17, 15) is 14.4 Å². The average molecular weight is 279 g/mol. The number of nitrogens with one attached hydrogen (secondary N) is 1. The van der Waals surface area contributed by atoms with E-state index in [1.54, 1.807) is 0 Å². The van der Waals surface area contributed by atoms with Crippen molar-refractivity contribution < 1.29 is 24.2 Å². The number of Topliss-reactive ketones (excluding diaryl/α,β-unsaturated/α-hetero) is 1. The molecule has 1 aromatic carbocycles. The Bertz CT molecular complexity index is 472. The fraction of sp³-hybridized carbons (Fsp3) is 0.357. The maximum atomic E-state index is 11.5. The molecule has 0 heterocycles. The van der Waals surface area contributed by atoms with E-state index in [1.165, 1.54) is 6.92 Å². The van der Waals surface area contributed by atoms with Crippen molar-refractivity contribution in [2.75, 3.05) is 0 Å². The molecule has 1 atom stereocenters. The Labute approximate surface area is 116 Å². The maximum Gasteiger partial charge on any atom is 0.408 e. The van der Waals surface area contributed by atoms with Crippen molar-refractivity contribution in [1.82, 2.24) is 5.32 Å². The van der Waals surface area contributed by atoms with Crippen LogP contribution in [0, 0.1) is 0 Å². The SMILES string of the molecule is C[C@H](NC(=O)OCc1ccccc1)C(=O)CCC(=O)O. The van der Waals surface area contributed by atoms with Crippen LogP contribution in [-0.2, 0) is 20.9 Å². The number of hydrogen-bond acceptors (Lipinski definition) is 4. The highest BCUT2D eigenvalue weighted by Crippen LogP contribution is 2.01. The van der Waals surface area contributed by atoms with Crippen LogP contribution in [0.2, 0.25) is 0 Å². The molecule has 1 amide bonds. The van der Waals surface area contributed by atoms with Gasteiger partial charge in [0.05, 0.1) is 12.5 Å². The predicted molar refractivity (Wildman–Crippen MR) is 71.1 cm³/mol. The second kappa shape index (κ2) is 7.93. The summed E-state index contributed by atoms with van der Waals surface area (Å²) in [6, 6.07) is 8.37. The molecule has 0 saturated heterocycles. The number of carboxylic acid groups (broad SMARTS) is 1. The van der Waals surface area contributed by atoms with Crippen LogP contribution in [0.4, 0.5) is 4.79 Å². The summed E-state index contributed by atoms with van der Waals surface area (Å²) in [5, 5.41) is 10.8. The minimum absolute atomic E-state index is 0.114. The van der Waals surface area contributed by atoms with Gasteiger partial charge in [0.15, 0.2) is 5.78 Å². The average Bonchev–Trinajstić information content (AvgIpc) is 2.43. The number of amides is 1. The molecular formula is C14H17NO5. The number of aliphatic carboxylic acids is 1. The summed E-state index contributed by atoms with van der Waals surface area (Å²) in [4.78, 5) is 33.3. The van der Waals surface area contributed by atoms with Crippen molar-refractivity contribution in [3.05, 3.63) is 35.9 Å². The molecule has 2 N–H and O–H groups in total. The van der Waals surface area contributed by atoms with Crippen molar-refractivity contribution in [1.29, 1.82) is 0 Å². The Balaban J connectivity index is 2.30. The molecular weight excluding hydrogens is 262 g/mol. The van der Waals surface area contributed by atoms with Crippen molar-refractivity contribution in [3.63, 3.8) is 0 Å². The van der Waals surface area contributed by atoms with Gasteiger partial charge < -0.3 is 15.2 Å². The topological polar surface area (TPSA) is 92.7 Å². The second-order valence-electron chi connectivity index (χ2n) is 4.29. The van der Waals surface area contributed by atoms with Gasteiger partial charge in [-0.1, -0.05) is 30.3 Å². The van der Waals surface area contributed by atoms with Gasteiger partial charge in [-0.3, -0.25) is 9.59 Å². The number of alkyl carbamates (subject to hydrolysis) is 1. The molecule has 0 aromatic heterocycles. The Morgan fingerprint density at radius 1 is 1.20 bits per heavy atom. The molecule has 1 rings (SSSR count). The van der Waals surface area contributed by atoms with Crippen LogP contribution in [0.5, 0.6) is 0 Å². The molecule has 6 heteroatoms. The molecule has 20 heavy (non-hydrogen) atoms. The van der Waals surface area contributed by atoms with E-state index in [4.69, 9.17) is 9.84 Å². The van der Waals surface area contributed by atoms with Gasteiger partial charge in [-0.2, -0.15) is 0 Å². The number of carbonyl (C=O) groups is 3. The number of carbonyl (C=O) groups excluding carboxylic acids is 2. The number of hydrogen-bond donors (Lipinski definition) is 2. The zero-order valence-electron chi connectivity index (χ0n) is 11.2. The van der Waals surface area contributed by atoms with Crippen LogP contribution >= 0.6 is 0 Å². The molecule has 0 unspecified atom stereocenters. The summed E-state index contributed by atoms with van der Waals surface area (Å²) in [6.07, 6.45) is -1.07.